The Labute approximate surface area is 157 Å². The molecule has 0 unspecified atom stereocenters. The van der Waals surface area contributed by atoms with Crippen molar-refractivity contribution in [2.75, 3.05) is 0 Å². The van der Waals surface area contributed by atoms with E-state index in [-0.39, 0.29) is 32.7 Å². The Kier molecular flexibility index (Phi) is 3.91. The van der Waals surface area contributed by atoms with Gasteiger partial charge in [0.1, 0.15) is 39.2 Å². The van der Waals surface area contributed by atoms with Crippen molar-refractivity contribution in [1.29, 1.82) is 0 Å². The van der Waals surface area contributed by atoms with Crippen molar-refractivity contribution in [3.05, 3.63) is 58.8 Å². The van der Waals surface area contributed by atoms with Crippen LogP contribution in [0, 0.1) is 0 Å². The number of nitrogens with zero attached hydrogens (tertiary/aromatic N) is 1. The molecule has 0 saturated heterocycles. The number of para-hydroxylation sites is 2. The molecule has 10 radical (unpaired) electrons. The van der Waals surface area contributed by atoms with Crippen molar-refractivity contribution in [2.24, 2.45) is 0 Å². The molecule has 0 spiro atoms. The molecule has 110 valence electrons. The van der Waals surface area contributed by atoms with Crippen molar-refractivity contribution in [1.82, 2.24) is 4.57 Å². The van der Waals surface area contributed by atoms with Gasteiger partial charge < -0.3 is 4.57 Å². The summed E-state index contributed by atoms with van der Waals surface area (Å²) in [6.07, 6.45) is 0. The smallest absolute Gasteiger partial charge is 0.197 e. The van der Waals surface area contributed by atoms with Gasteiger partial charge in [-0.2, -0.15) is 0 Å². The summed E-state index contributed by atoms with van der Waals surface area (Å²) in [5.41, 5.74) is 2.57. The Morgan fingerprint density at radius 2 is 0.962 bits per heavy atom. The van der Waals surface area contributed by atoms with Crippen molar-refractivity contribution >= 4 is 88.4 Å². The molecule has 26 heavy (non-hydrogen) atoms. The van der Waals surface area contributed by atoms with Gasteiger partial charge in [0.15, 0.2) is 5.43 Å². The minimum absolute atomic E-state index is 0.0685. The maximum atomic E-state index is 12.9. The highest BCUT2D eigenvalue weighted by molar-refractivity contribution is 6.68. The molecule has 0 atom stereocenters. The van der Waals surface area contributed by atoms with Gasteiger partial charge in [0, 0.05) is 16.5 Å². The molecular weight excluding hydrogens is 312 g/mol. The van der Waals surface area contributed by atoms with Gasteiger partial charge in [-0.3, -0.25) is 4.79 Å². The SMILES string of the molecule is [B]c1c([B])c([B])c(-n2c3ccccc3c(=O)c3ccccc32)c([B])c1[B]. The Hall–Kier alpha value is -2.55. The lowest BCUT2D eigenvalue weighted by Gasteiger charge is -2.25. The highest BCUT2D eigenvalue weighted by Crippen LogP contribution is 2.21. The van der Waals surface area contributed by atoms with Gasteiger partial charge in [-0.15, -0.1) is 16.4 Å². The molecule has 1 heterocycles. The molecule has 2 nitrogen and oxygen atoms in total. The van der Waals surface area contributed by atoms with E-state index in [0.717, 1.165) is 0 Å². The lowest BCUT2D eigenvalue weighted by Crippen LogP contribution is -2.56. The molecule has 7 heteroatoms. The summed E-state index contributed by atoms with van der Waals surface area (Å²) in [4.78, 5) is 12.9. The largest absolute Gasteiger partial charge is 0.310 e. The van der Waals surface area contributed by atoms with Crippen LogP contribution in [0.5, 0.6) is 0 Å². The van der Waals surface area contributed by atoms with Gasteiger partial charge in [0.2, 0.25) is 0 Å². The summed E-state index contributed by atoms with van der Waals surface area (Å²) in [6.45, 7) is 0. The van der Waals surface area contributed by atoms with Gasteiger partial charge >= 0.3 is 0 Å². The Bertz CT molecular complexity index is 1170. The average Bonchev–Trinajstić information content (AvgIpc) is 2.67. The summed E-state index contributed by atoms with van der Waals surface area (Å²) in [6, 6.07) is 14.5. The molecule has 0 saturated carbocycles. The maximum Gasteiger partial charge on any atom is 0.197 e. The third kappa shape index (κ3) is 2.23. The molecule has 0 fully saturated rings. The zero-order valence-corrected chi connectivity index (χ0v) is 13.9. The number of fused-ring (bicyclic) bond motifs is 2. The van der Waals surface area contributed by atoms with Crippen LogP contribution in [0.2, 0.25) is 0 Å². The summed E-state index contributed by atoms with van der Waals surface area (Å²) >= 11 is 0. The van der Waals surface area contributed by atoms with Gasteiger partial charge in [-0.25, -0.2) is 0 Å². The van der Waals surface area contributed by atoms with Crippen molar-refractivity contribution in [3.63, 3.8) is 0 Å². The van der Waals surface area contributed by atoms with Crippen LogP contribution in [0.1, 0.15) is 0 Å². The third-order valence-electron chi connectivity index (χ3n) is 4.67. The number of hydrogen-bond donors (Lipinski definition) is 0. The lowest BCUT2D eigenvalue weighted by atomic mass is 9.61. The molecule has 0 amide bonds. The molecule has 1 aromatic heterocycles. The second kappa shape index (κ2) is 6.01. The molecule has 0 aliphatic carbocycles. The van der Waals surface area contributed by atoms with E-state index in [4.69, 9.17) is 39.2 Å². The second-order valence-electron chi connectivity index (χ2n) is 6.12. The van der Waals surface area contributed by atoms with Crippen molar-refractivity contribution in [3.8, 4) is 5.69 Å². The van der Waals surface area contributed by atoms with E-state index >= 15 is 0 Å². The predicted octanol–water partition coefficient (Wildman–Crippen LogP) is -1.89. The third-order valence-corrected chi connectivity index (χ3v) is 4.67. The van der Waals surface area contributed by atoms with Crippen LogP contribution in [0.3, 0.4) is 0 Å². The molecule has 4 aromatic rings. The minimum Gasteiger partial charge on any atom is -0.310 e. The topological polar surface area (TPSA) is 22.0 Å². The van der Waals surface area contributed by atoms with Crippen molar-refractivity contribution < 1.29 is 0 Å². The normalized spacial score (nSPS) is 11.2. The van der Waals surface area contributed by atoms with E-state index in [1.54, 1.807) is 24.3 Å². The summed E-state index contributed by atoms with van der Waals surface area (Å²) < 4.78 is 1.81. The van der Waals surface area contributed by atoms with Gasteiger partial charge in [0.05, 0.1) is 11.0 Å². The fourth-order valence-corrected chi connectivity index (χ4v) is 3.31. The van der Waals surface area contributed by atoms with E-state index in [9.17, 15) is 4.79 Å². The highest BCUT2D eigenvalue weighted by atomic mass is 16.1. The van der Waals surface area contributed by atoms with Crippen LogP contribution in [0.4, 0.5) is 0 Å². The molecule has 0 bridgehead atoms. The monoisotopic (exact) mass is 321 g/mol. The minimum atomic E-state index is -0.0685. The molecule has 0 aliphatic rings. The quantitative estimate of drug-likeness (QED) is 0.297. The molecule has 4 rings (SSSR count). The Balaban J connectivity index is 2.34. The lowest BCUT2D eigenvalue weighted by molar-refractivity contribution is 1.19. The summed E-state index contributed by atoms with van der Waals surface area (Å²) in [7, 11) is 30.5. The van der Waals surface area contributed by atoms with Gasteiger partial charge in [-0.05, 0) is 24.3 Å². The maximum absolute atomic E-state index is 12.9. The first kappa shape index (κ1) is 16.9. The van der Waals surface area contributed by atoms with Crippen LogP contribution < -0.4 is 32.7 Å². The van der Waals surface area contributed by atoms with Crippen LogP contribution in [-0.4, -0.2) is 43.8 Å². The Morgan fingerprint density at radius 3 is 1.42 bits per heavy atom. The molecular formula is C19H8B5NO. The summed E-state index contributed by atoms with van der Waals surface area (Å²) in [5, 5.41) is 1.08. The molecule has 0 N–H and O–H groups in total. The average molecular weight is 320 g/mol. The van der Waals surface area contributed by atoms with Crippen LogP contribution >= 0.6 is 0 Å². The second-order valence-corrected chi connectivity index (χ2v) is 6.12. The van der Waals surface area contributed by atoms with E-state index in [1.807, 2.05) is 28.8 Å². The standard InChI is InChI=1S/C19H8B5NO/c20-13-14(21)16(23)18(17(24)15(13)22)25-11-7-3-1-5-9(11)19(26)10-6-2-4-8-12(10)25/h1-8H. The van der Waals surface area contributed by atoms with E-state index in [1.165, 1.54) is 0 Å². The number of rotatable bonds is 1. The fraction of sp³-hybridized carbons (Fsp3) is 0. The predicted molar refractivity (Wildman–Crippen MR) is 114 cm³/mol. The number of hydrogen-bond acceptors (Lipinski definition) is 1. The van der Waals surface area contributed by atoms with Crippen molar-refractivity contribution in [2.45, 2.75) is 0 Å². The van der Waals surface area contributed by atoms with Crippen LogP contribution in [0.15, 0.2) is 53.3 Å². The fourth-order valence-electron chi connectivity index (χ4n) is 3.31. The number of benzene rings is 3. The zero-order chi connectivity index (χ0) is 18.6. The number of pyridine rings is 1. The van der Waals surface area contributed by atoms with Crippen LogP contribution in [0.25, 0.3) is 27.5 Å². The summed E-state index contributed by atoms with van der Waals surface area (Å²) in [5.74, 6) is 0. The Morgan fingerprint density at radius 1 is 0.577 bits per heavy atom. The van der Waals surface area contributed by atoms with E-state index in [0.29, 0.717) is 27.5 Å². The van der Waals surface area contributed by atoms with E-state index < -0.39 is 0 Å². The first-order valence-corrected chi connectivity index (χ1v) is 7.97. The zero-order valence-electron chi connectivity index (χ0n) is 13.9. The molecule has 0 aliphatic heterocycles. The van der Waals surface area contributed by atoms with Crippen LogP contribution in [-0.2, 0) is 0 Å². The number of aromatic nitrogens is 1. The first-order chi connectivity index (χ1) is 12.4. The highest BCUT2D eigenvalue weighted by Gasteiger charge is 2.17. The first-order valence-electron chi connectivity index (χ1n) is 7.97. The molecule has 3 aromatic carbocycles. The van der Waals surface area contributed by atoms with Gasteiger partial charge in [0.25, 0.3) is 0 Å². The van der Waals surface area contributed by atoms with Gasteiger partial charge in [-0.1, -0.05) is 35.2 Å². The van der Waals surface area contributed by atoms with E-state index in [2.05, 4.69) is 0 Å².